The molecule has 1 unspecified atom stereocenters. The van der Waals surface area contributed by atoms with Crippen LogP contribution < -0.4 is 0 Å². The number of hydrogen-bond acceptors (Lipinski definition) is 1. The van der Waals surface area contributed by atoms with Crippen LogP contribution in [0.5, 0.6) is 0 Å². The molecule has 0 aromatic heterocycles. The smallest absolute Gasteiger partial charge is 0.176 e. The molecule has 0 heterocycles. The zero-order chi connectivity index (χ0) is 12.0. The summed E-state index contributed by atoms with van der Waals surface area (Å²) >= 11 is 3.44. The molecule has 2 heteroatoms. The number of ketones is 1. The highest BCUT2D eigenvalue weighted by Crippen LogP contribution is 2.16. The summed E-state index contributed by atoms with van der Waals surface area (Å²) in [7, 11) is 0. The van der Waals surface area contributed by atoms with Crippen molar-refractivity contribution in [2.45, 2.75) is 44.4 Å². The summed E-state index contributed by atoms with van der Waals surface area (Å²) in [4.78, 5) is 11.9. The van der Waals surface area contributed by atoms with Gasteiger partial charge in [0, 0.05) is 5.56 Å². The average molecular weight is 283 g/mol. The van der Waals surface area contributed by atoms with Crippen LogP contribution in [0.1, 0.15) is 49.0 Å². The lowest BCUT2D eigenvalue weighted by molar-refractivity contribution is 0.0988. The number of carbonyl (C=O) groups excluding carboxylic acids is 1. The Bertz CT molecular complexity index is 329. The Hall–Kier alpha value is -0.630. The Balaban J connectivity index is 2.69. The third kappa shape index (κ3) is 3.75. The van der Waals surface area contributed by atoms with Gasteiger partial charge in [0.1, 0.15) is 0 Å². The van der Waals surface area contributed by atoms with Crippen LogP contribution in [0.2, 0.25) is 0 Å². The third-order valence-corrected chi connectivity index (χ3v) is 3.48. The molecule has 0 spiro atoms. The molecule has 16 heavy (non-hydrogen) atoms. The number of Topliss-reactive ketones (excluding diaryl/α,β-unsaturated/α-hetero) is 1. The van der Waals surface area contributed by atoms with Crippen molar-refractivity contribution >= 4 is 21.7 Å². The highest BCUT2D eigenvalue weighted by atomic mass is 79.9. The standard InChI is InChI=1S/C14H19BrO/c1-3-5-11-7-9-12(10-8-11)14(16)13(15)6-4-2/h7-10,13H,3-6H2,1-2H3. The number of carbonyl (C=O) groups is 1. The van der Waals surface area contributed by atoms with Crippen molar-refractivity contribution in [2.24, 2.45) is 0 Å². The molecule has 0 N–H and O–H groups in total. The number of benzene rings is 1. The van der Waals surface area contributed by atoms with E-state index in [0.717, 1.165) is 31.2 Å². The van der Waals surface area contributed by atoms with Crippen LogP contribution in [-0.4, -0.2) is 10.6 Å². The molecule has 0 aliphatic rings. The summed E-state index contributed by atoms with van der Waals surface area (Å²) in [5.74, 6) is 0.199. The first-order valence-corrected chi connectivity index (χ1v) is 6.87. The molecule has 1 aromatic rings. The molecule has 0 aliphatic heterocycles. The quantitative estimate of drug-likeness (QED) is 0.559. The predicted molar refractivity (Wildman–Crippen MR) is 72.4 cm³/mol. The van der Waals surface area contributed by atoms with E-state index < -0.39 is 0 Å². The highest BCUT2D eigenvalue weighted by Gasteiger charge is 2.15. The van der Waals surface area contributed by atoms with Crippen LogP contribution in [-0.2, 0) is 6.42 Å². The van der Waals surface area contributed by atoms with Gasteiger partial charge in [-0.2, -0.15) is 0 Å². The minimum Gasteiger partial charge on any atom is -0.293 e. The Morgan fingerprint density at radius 3 is 2.31 bits per heavy atom. The van der Waals surface area contributed by atoms with Crippen molar-refractivity contribution in [3.05, 3.63) is 35.4 Å². The van der Waals surface area contributed by atoms with Crippen LogP contribution in [0.3, 0.4) is 0 Å². The predicted octanol–water partition coefficient (Wildman–Crippen LogP) is 4.39. The molecule has 0 bridgehead atoms. The van der Waals surface area contributed by atoms with Crippen molar-refractivity contribution in [1.82, 2.24) is 0 Å². The van der Waals surface area contributed by atoms with Gasteiger partial charge >= 0.3 is 0 Å². The van der Waals surface area contributed by atoms with E-state index in [2.05, 4.69) is 41.9 Å². The molecular weight excluding hydrogens is 264 g/mol. The Labute approximate surface area is 106 Å². The molecule has 88 valence electrons. The summed E-state index contributed by atoms with van der Waals surface area (Å²) in [5, 5.41) is 0. The zero-order valence-corrected chi connectivity index (χ0v) is 11.6. The van der Waals surface area contributed by atoms with E-state index in [9.17, 15) is 4.79 Å². The maximum atomic E-state index is 12.0. The molecule has 1 atom stereocenters. The summed E-state index contributed by atoms with van der Waals surface area (Å²) in [6.45, 7) is 4.25. The van der Waals surface area contributed by atoms with E-state index in [1.807, 2.05) is 12.1 Å². The molecule has 0 amide bonds. The minimum absolute atomic E-state index is 0.0328. The van der Waals surface area contributed by atoms with Gasteiger partial charge in [-0.15, -0.1) is 0 Å². The Kier molecular flexibility index (Phi) is 5.75. The molecular formula is C14H19BrO. The van der Waals surface area contributed by atoms with E-state index in [0.29, 0.717) is 0 Å². The van der Waals surface area contributed by atoms with Crippen LogP contribution >= 0.6 is 15.9 Å². The summed E-state index contributed by atoms with van der Waals surface area (Å²) in [6, 6.07) is 8.00. The topological polar surface area (TPSA) is 17.1 Å². The second kappa shape index (κ2) is 6.85. The summed E-state index contributed by atoms with van der Waals surface area (Å²) in [6.07, 6.45) is 4.15. The van der Waals surface area contributed by atoms with Crippen LogP contribution in [0.15, 0.2) is 24.3 Å². The first-order chi connectivity index (χ1) is 7.69. The Morgan fingerprint density at radius 1 is 1.19 bits per heavy atom. The van der Waals surface area contributed by atoms with E-state index in [-0.39, 0.29) is 10.6 Å². The molecule has 1 nitrogen and oxygen atoms in total. The SMILES string of the molecule is CCCc1ccc(C(=O)C(Br)CCC)cc1. The monoisotopic (exact) mass is 282 g/mol. The second-order valence-corrected chi connectivity index (χ2v) is 5.17. The second-order valence-electron chi connectivity index (χ2n) is 4.07. The zero-order valence-electron chi connectivity index (χ0n) is 10.0. The van der Waals surface area contributed by atoms with Crippen LogP contribution in [0.4, 0.5) is 0 Å². The van der Waals surface area contributed by atoms with E-state index >= 15 is 0 Å². The van der Waals surface area contributed by atoms with Gasteiger partial charge in [-0.05, 0) is 18.4 Å². The van der Waals surface area contributed by atoms with Gasteiger partial charge in [-0.1, -0.05) is 66.9 Å². The maximum Gasteiger partial charge on any atom is 0.176 e. The van der Waals surface area contributed by atoms with Gasteiger partial charge in [0.05, 0.1) is 4.83 Å². The van der Waals surface area contributed by atoms with E-state index in [1.54, 1.807) is 0 Å². The fourth-order valence-corrected chi connectivity index (χ4v) is 2.41. The normalized spacial score (nSPS) is 12.4. The molecule has 0 saturated carbocycles. The van der Waals surface area contributed by atoms with Crippen molar-refractivity contribution in [3.63, 3.8) is 0 Å². The van der Waals surface area contributed by atoms with E-state index in [4.69, 9.17) is 0 Å². The first kappa shape index (κ1) is 13.4. The van der Waals surface area contributed by atoms with Gasteiger partial charge < -0.3 is 0 Å². The number of hydrogen-bond donors (Lipinski definition) is 0. The lowest BCUT2D eigenvalue weighted by Gasteiger charge is -2.07. The number of aryl methyl sites for hydroxylation is 1. The van der Waals surface area contributed by atoms with Crippen LogP contribution in [0.25, 0.3) is 0 Å². The number of alkyl halides is 1. The Morgan fingerprint density at radius 2 is 1.81 bits per heavy atom. The van der Waals surface area contributed by atoms with Crippen molar-refractivity contribution in [1.29, 1.82) is 0 Å². The average Bonchev–Trinajstić information content (AvgIpc) is 2.30. The number of halogens is 1. The van der Waals surface area contributed by atoms with Crippen molar-refractivity contribution < 1.29 is 4.79 Å². The van der Waals surface area contributed by atoms with Crippen LogP contribution in [0, 0.1) is 0 Å². The fourth-order valence-electron chi connectivity index (χ4n) is 1.69. The van der Waals surface area contributed by atoms with Gasteiger partial charge in [-0.25, -0.2) is 0 Å². The van der Waals surface area contributed by atoms with Gasteiger partial charge in [0.2, 0.25) is 0 Å². The molecule has 1 aromatic carbocycles. The van der Waals surface area contributed by atoms with Crippen molar-refractivity contribution in [2.75, 3.05) is 0 Å². The third-order valence-electron chi connectivity index (χ3n) is 2.60. The molecule has 0 fully saturated rings. The maximum absolute atomic E-state index is 12.0. The molecule has 0 radical (unpaired) electrons. The summed E-state index contributed by atoms with van der Waals surface area (Å²) in [5.41, 5.74) is 2.12. The lowest BCUT2D eigenvalue weighted by Crippen LogP contribution is -2.13. The molecule has 0 aliphatic carbocycles. The molecule has 0 saturated heterocycles. The summed E-state index contributed by atoms with van der Waals surface area (Å²) < 4.78 is 0. The molecule has 1 rings (SSSR count). The first-order valence-electron chi connectivity index (χ1n) is 5.96. The van der Waals surface area contributed by atoms with Gasteiger partial charge in [-0.3, -0.25) is 4.79 Å². The van der Waals surface area contributed by atoms with Crippen molar-refractivity contribution in [3.8, 4) is 0 Å². The fraction of sp³-hybridized carbons (Fsp3) is 0.500. The lowest BCUT2D eigenvalue weighted by atomic mass is 10.0. The number of rotatable bonds is 6. The minimum atomic E-state index is -0.0328. The van der Waals surface area contributed by atoms with Gasteiger partial charge in [0.25, 0.3) is 0 Å². The largest absolute Gasteiger partial charge is 0.293 e. The van der Waals surface area contributed by atoms with Gasteiger partial charge in [0.15, 0.2) is 5.78 Å². The van der Waals surface area contributed by atoms with E-state index in [1.165, 1.54) is 5.56 Å². The highest BCUT2D eigenvalue weighted by molar-refractivity contribution is 9.10.